The van der Waals surface area contributed by atoms with Gasteiger partial charge in [0.2, 0.25) is 5.91 Å². The van der Waals surface area contributed by atoms with E-state index in [0.29, 0.717) is 25.2 Å². The van der Waals surface area contributed by atoms with Gasteiger partial charge in [-0.05, 0) is 36.6 Å². The normalized spacial score (nSPS) is 19.2. The lowest BCUT2D eigenvalue weighted by Crippen LogP contribution is -2.41. The van der Waals surface area contributed by atoms with Crippen LogP contribution in [0, 0.1) is 5.92 Å². The van der Waals surface area contributed by atoms with E-state index >= 15 is 0 Å². The summed E-state index contributed by atoms with van der Waals surface area (Å²) in [4.78, 5) is 24.6. The Labute approximate surface area is 117 Å². The first-order chi connectivity index (χ1) is 9.56. The van der Waals surface area contributed by atoms with Gasteiger partial charge in [-0.15, -0.1) is 0 Å². The molecule has 0 radical (unpaired) electrons. The Morgan fingerprint density at radius 2 is 2.00 bits per heavy atom. The van der Waals surface area contributed by atoms with E-state index in [-0.39, 0.29) is 5.91 Å². The third-order valence-corrected chi connectivity index (χ3v) is 3.44. The molecule has 106 valence electrons. The van der Waals surface area contributed by atoms with Gasteiger partial charge in [0.15, 0.2) is 0 Å². The van der Waals surface area contributed by atoms with Crippen LogP contribution in [0.4, 0.5) is 5.69 Å². The second-order valence-corrected chi connectivity index (χ2v) is 4.96. The molecule has 1 amide bonds. The Morgan fingerprint density at radius 3 is 2.65 bits per heavy atom. The highest BCUT2D eigenvalue weighted by molar-refractivity contribution is 5.92. The van der Waals surface area contributed by atoms with E-state index in [0.717, 1.165) is 12.0 Å². The molecule has 0 aliphatic carbocycles. The van der Waals surface area contributed by atoms with Crippen molar-refractivity contribution in [2.24, 2.45) is 5.92 Å². The number of nitrogens with zero attached hydrogens (tertiary/aromatic N) is 1. The molecule has 1 saturated heterocycles. The number of likely N-dealkylation sites (tertiary alicyclic amines) is 1. The number of rotatable bonds is 3. The first kappa shape index (κ1) is 14.1. The van der Waals surface area contributed by atoms with Crippen LogP contribution in [0.3, 0.4) is 0 Å². The zero-order valence-electron chi connectivity index (χ0n) is 11.2. The largest absolute Gasteiger partial charge is 0.481 e. The number of hydrogen-bond donors (Lipinski definition) is 2. The van der Waals surface area contributed by atoms with Gasteiger partial charge in [0.25, 0.3) is 0 Å². The Bertz CT molecular complexity index is 522. The molecule has 0 aromatic heterocycles. The molecule has 1 aromatic carbocycles. The number of anilines is 1. The van der Waals surface area contributed by atoms with Crippen molar-refractivity contribution in [3.8, 4) is 0 Å². The zero-order valence-corrected chi connectivity index (χ0v) is 11.2. The lowest BCUT2D eigenvalue weighted by Gasteiger charge is -2.29. The van der Waals surface area contributed by atoms with Crippen LogP contribution in [0.1, 0.15) is 18.4 Å². The molecule has 0 saturated carbocycles. The molecular formula is C15H18N2O3. The molecular weight excluding hydrogens is 256 g/mol. The maximum absolute atomic E-state index is 12.0. The number of carbonyl (C=O) groups excluding carboxylic acids is 1. The number of hydrogen-bond acceptors (Lipinski definition) is 3. The molecule has 1 fully saturated rings. The monoisotopic (exact) mass is 274 g/mol. The lowest BCUT2D eigenvalue weighted by molar-refractivity contribution is -0.144. The molecule has 1 aliphatic rings. The number of carbonyl (C=O) groups is 2. The Morgan fingerprint density at radius 1 is 1.30 bits per heavy atom. The van der Waals surface area contributed by atoms with Crippen molar-refractivity contribution in [2.75, 3.05) is 18.8 Å². The lowest BCUT2D eigenvalue weighted by atomic mass is 9.98. The minimum absolute atomic E-state index is 0.146. The van der Waals surface area contributed by atoms with Gasteiger partial charge in [-0.1, -0.05) is 12.1 Å². The van der Waals surface area contributed by atoms with Gasteiger partial charge in [-0.2, -0.15) is 0 Å². The second-order valence-electron chi connectivity index (χ2n) is 4.96. The first-order valence-electron chi connectivity index (χ1n) is 6.61. The van der Waals surface area contributed by atoms with Crippen LogP contribution < -0.4 is 5.73 Å². The minimum atomic E-state index is -0.829. The van der Waals surface area contributed by atoms with Crippen molar-refractivity contribution < 1.29 is 14.7 Å². The molecule has 1 aromatic rings. The minimum Gasteiger partial charge on any atom is -0.481 e. The van der Waals surface area contributed by atoms with E-state index in [4.69, 9.17) is 10.8 Å². The Kier molecular flexibility index (Phi) is 4.40. The van der Waals surface area contributed by atoms with E-state index in [1.54, 1.807) is 23.1 Å². The predicted octanol–water partition coefficient (Wildman–Crippen LogP) is 1.61. The zero-order chi connectivity index (χ0) is 14.5. The van der Waals surface area contributed by atoms with Crippen LogP contribution >= 0.6 is 0 Å². The van der Waals surface area contributed by atoms with E-state index < -0.39 is 11.9 Å². The van der Waals surface area contributed by atoms with E-state index in [9.17, 15) is 9.59 Å². The van der Waals surface area contributed by atoms with Gasteiger partial charge >= 0.3 is 5.97 Å². The van der Waals surface area contributed by atoms with Crippen LogP contribution in [0.15, 0.2) is 30.3 Å². The number of carboxylic acid groups (broad SMARTS) is 1. The van der Waals surface area contributed by atoms with Gasteiger partial charge in [0, 0.05) is 24.9 Å². The molecule has 20 heavy (non-hydrogen) atoms. The fourth-order valence-corrected chi connectivity index (χ4v) is 2.26. The van der Waals surface area contributed by atoms with Crippen molar-refractivity contribution >= 4 is 23.6 Å². The molecule has 5 heteroatoms. The number of piperidine rings is 1. The molecule has 1 heterocycles. The predicted molar refractivity (Wildman–Crippen MR) is 76.8 cm³/mol. The maximum Gasteiger partial charge on any atom is 0.308 e. The van der Waals surface area contributed by atoms with Crippen LogP contribution in [-0.2, 0) is 9.59 Å². The highest BCUT2D eigenvalue weighted by Crippen LogP contribution is 2.17. The van der Waals surface area contributed by atoms with Crippen molar-refractivity contribution in [1.29, 1.82) is 0 Å². The molecule has 0 unspecified atom stereocenters. The summed E-state index contributed by atoms with van der Waals surface area (Å²) in [5.74, 6) is -1.42. The fraction of sp³-hybridized carbons (Fsp3) is 0.333. The molecule has 0 bridgehead atoms. The van der Waals surface area contributed by atoms with Gasteiger partial charge in [0.1, 0.15) is 0 Å². The highest BCUT2D eigenvalue weighted by atomic mass is 16.4. The summed E-state index contributed by atoms with van der Waals surface area (Å²) in [6, 6.07) is 7.20. The highest BCUT2D eigenvalue weighted by Gasteiger charge is 2.26. The van der Waals surface area contributed by atoms with Crippen molar-refractivity contribution in [2.45, 2.75) is 12.8 Å². The van der Waals surface area contributed by atoms with Crippen LogP contribution in [0.25, 0.3) is 6.08 Å². The summed E-state index contributed by atoms with van der Waals surface area (Å²) in [6.07, 6.45) is 4.57. The Balaban J connectivity index is 1.97. The van der Waals surface area contributed by atoms with Crippen LogP contribution in [-0.4, -0.2) is 35.0 Å². The van der Waals surface area contributed by atoms with Crippen LogP contribution in [0.5, 0.6) is 0 Å². The number of nitrogens with two attached hydrogens (primary N) is 1. The number of amides is 1. The second kappa shape index (κ2) is 6.23. The quantitative estimate of drug-likeness (QED) is 0.648. The summed E-state index contributed by atoms with van der Waals surface area (Å²) in [5.41, 5.74) is 7.15. The van der Waals surface area contributed by atoms with Gasteiger partial charge in [-0.25, -0.2) is 0 Å². The van der Waals surface area contributed by atoms with Gasteiger partial charge < -0.3 is 15.7 Å². The maximum atomic E-state index is 12.0. The summed E-state index contributed by atoms with van der Waals surface area (Å²) in [6.45, 7) is 0.912. The summed E-state index contributed by atoms with van der Waals surface area (Å²) in [5, 5.41) is 9.00. The summed E-state index contributed by atoms with van der Waals surface area (Å²) >= 11 is 0. The molecule has 1 aliphatic heterocycles. The SMILES string of the molecule is Nc1ccc(/C=C/C(=O)N2CCC[C@H](C(=O)O)C2)cc1. The Hall–Kier alpha value is -2.30. The average Bonchev–Trinajstić information content (AvgIpc) is 2.46. The molecule has 1 atom stereocenters. The van der Waals surface area contributed by atoms with E-state index in [1.807, 2.05) is 12.1 Å². The van der Waals surface area contributed by atoms with Crippen molar-refractivity contribution in [3.05, 3.63) is 35.9 Å². The number of benzene rings is 1. The van der Waals surface area contributed by atoms with Crippen molar-refractivity contribution in [3.63, 3.8) is 0 Å². The van der Waals surface area contributed by atoms with Crippen LogP contribution in [0.2, 0.25) is 0 Å². The summed E-state index contributed by atoms with van der Waals surface area (Å²) in [7, 11) is 0. The third kappa shape index (κ3) is 3.60. The van der Waals surface area contributed by atoms with Gasteiger partial charge in [0.05, 0.1) is 5.92 Å². The number of carboxylic acids is 1. The average molecular weight is 274 g/mol. The molecule has 5 nitrogen and oxygen atoms in total. The smallest absolute Gasteiger partial charge is 0.308 e. The number of aliphatic carboxylic acids is 1. The van der Waals surface area contributed by atoms with E-state index in [1.165, 1.54) is 6.08 Å². The fourth-order valence-electron chi connectivity index (χ4n) is 2.26. The summed E-state index contributed by atoms with van der Waals surface area (Å²) < 4.78 is 0. The third-order valence-electron chi connectivity index (χ3n) is 3.44. The van der Waals surface area contributed by atoms with Gasteiger partial charge in [-0.3, -0.25) is 9.59 Å². The topological polar surface area (TPSA) is 83.6 Å². The first-order valence-corrected chi connectivity index (χ1v) is 6.61. The number of nitrogen functional groups attached to an aromatic ring is 1. The molecule has 0 spiro atoms. The molecule has 3 N–H and O–H groups in total. The van der Waals surface area contributed by atoms with E-state index in [2.05, 4.69) is 0 Å². The standard InChI is InChI=1S/C15H18N2O3/c16-13-6-3-11(4-7-13)5-8-14(18)17-9-1-2-12(10-17)15(19)20/h3-8,12H,1-2,9-10,16H2,(H,19,20)/b8-5+/t12-/m0/s1. The van der Waals surface area contributed by atoms with Crippen molar-refractivity contribution in [1.82, 2.24) is 4.90 Å². The molecule has 2 rings (SSSR count).